The summed E-state index contributed by atoms with van der Waals surface area (Å²) in [6.07, 6.45) is -3.37. The van der Waals surface area contributed by atoms with E-state index in [0.717, 1.165) is 0 Å². The largest absolute Gasteiger partial charge is 0.373 e. The van der Waals surface area contributed by atoms with Crippen LogP contribution in [0.2, 0.25) is 10.0 Å². The molecule has 21 heavy (non-hydrogen) atoms. The number of hydrogen-bond donors (Lipinski definition) is 1. The van der Waals surface area contributed by atoms with Crippen molar-refractivity contribution in [3.63, 3.8) is 0 Å². The number of alkyl halides is 4. The van der Waals surface area contributed by atoms with Crippen LogP contribution < -0.4 is 5.32 Å². The summed E-state index contributed by atoms with van der Waals surface area (Å²) < 4.78 is 54.1. The van der Waals surface area contributed by atoms with Crippen LogP contribution in [0.25, 0.3) is 0 Å². The summed E-state index contributed by atoms with van der Waals surface area (Å²) in [5.41, 5.74) is 0.715. The van der Waals surface area contributed by atoms with Crippen LogP contribution in [-0.2, 0) is 11.2 Å². The highest BCUT2D eigenvalue weighted by atomic mass is 35.5. The first-order valence-corrected chi connectivity index (χ1v) is 6.87. The molecule has 1 N–H and O–H groups in total. The van der Waals surface area contributed by atoms with Gasteiger partial charge in [0, 0.05) is 6.04 Å². The van der Waals surface area contributed by atoms with E-state index in [0.29, 0.717) is 22.0 Å². The molecule has 1 unspecified atom stereocenters. The zero-order valence-corrected chi connectivity index (χ0v) is 12.7. The molecule has 2 nitrogen and oxygen atoms in total. The van der Waals surface area contributed by atoms with Gasteiger partial charge in [0.15, 0.2) is 0 Å². The van der Waals surface area contributed by atoms with Crippen molar-refractivity contribution in [3.05, 3.63) is 33.8 Å². The Bertz CT molecular complexity index is 460. The van der Waals surface area contributed by atoms with Crippen LogP contribution in [-0.4, -0.2) is 38.7 Å². The summed E-state index contributed by atoms with van der Waals surface area (Å²) in [4.78, 5) is 0. The van der Waals surface area contributed by atoms with Crippen LogP contribution in [0, 0.1) is 0 Å². The first kappa shape index (κ1) is 18.5. The maximum atomic E-state index is 12.7. The lowest BCUT2D eigenvalue weighted by atomic mass is 10.1. The number of benzene rings is 1. The average molecular weight is 348 g/mol. The lowest BCUT2D eigenvalue weighted by Gasteiger charge is -2.20. The Balaban J connectivity index is 2.55. The van der Waals surface area contributed by atoms with Crippen molar-refractivity contribution in [3.8, 4) is 0 Å². The Morgan fingerprint density at radius 2 is 1.95 bits per heavy atom. The zero-order chi connectivity index (χ0) is 16.0. The molecule has 8 heteroatoms. The molecule has 0 heterocycles. The van der Waals surface area contributed by atoms with Crippen molar-refractivity contribution in [2.75, 3.05) is 20.3 Å². The molecule has 0 bridgehead atoms. The van der Waals surface area contributed by atoms with Crippen LogP contribution in [0.5, 0.6) is 0 Å². The van der Waals surface area contributed by atoms with Crippen molar-refractivity contribution in [1.29, 1.82) is 0 Å². The minimum Gasteiger partial charge on any atom is -0.373 e. The molecular weight excluding hydrogens is 333 g/mol. The molecule has 0 saturated heterocycles. The monoisotopic (exact) mass is 347 g/mol. The van der Waals surface area contributed by atoms with Gasteiger partial charge < -0.3 is 10.1 Å². The van der Waals surface area contributed by atoms with Crippen molar-refractivity contribution in [1.82, 2.24) is 5.32 Å². The fraction of sp³-hybridized carbons (Fsp3) is 0.538. The van der Waals surface area contributed by atoms with Gasteiger partial charge in [0.1, 0.15) is 6.61 Å². The summed E-state index contributed by atoms with van der Waals surface area (Å²) in [6.45, 7) is -1.48. The molecule has 1 aromatic rings. The summed E-state index contributed by atoms with van der Waals surface area (Å²) in [5, 5.41) is 3.61. The van der Waals surface area contributed by atoms with E-state index >= 15 is 0 Å². The summed E-state index contributed by atoms with van der Waals surface area (Å²) in [5.74, 6) is -4.15. The second kappa shape index (κ2) is 8.17. The fourth-order valence-corrected chi connectivity index (χ4v) is 2.01. The van der Waals surface area contributed by atoms with Crippen molar-refractivity contribution < 1.29 is 22.3 Å². The Kier molecular flexibility index (Phi) is 7.20. The highest BCUT2D eigenvalue weighted by Crippen LogP contribution is 2.27. The van der Waals surface area contributed by atoms with Gasteiger partial charge in [0.25, 0.3) is 0 Å². The second-order valence-corrected chi connectivity index (χ2v) is 5.26. The molecule has 1 atom stereocenters. The number of hydrogen-bond acceptors (Lipinski definition) is 2. The predicted octanol–water partition coefficient (Wildman–Crippen LogP) is 4.04. The molecule has 0 radical (unpaired) electrons. The predicted molar refractivity (Wildman–Crippen MR) is 74.8 cm³/mol. The summed E-state index contributed by atoms with van der Waals surface area (Å²) in [6, 6.07) is 4.73. The third kappa shape index (κ3) is 5.62. The van der Waals surface area contributed by atoms with Gasteiger partial charge in [0.2, 0.25) is 0 Å². The van der Waals surface area contributed by atoms with E-state index in [4.69, 9.17) is 23.2 Å². The van der Waals surface area contributed by atoms with E-state index in [-0.39, 0.29) is 12.6 Å². The minimum absolute atomic E-state index is 0.151. The third-order valence-corrected chi connectivity index (χ3v) is 3.70. The topological polar surface area (TPSA) is 21.3 Å². The van der Waals surface area contributed by atoms with E-state index < -0.39 is 19.0 Å². The molecule has 0 saturated carbocycles. The number of ether oxygens (including phenoxy) is 1. The lowest BCUT2D eigenvalue weighted by molar-refractivity contribution is -0.166. The molecule has 0 aliphatic carbocycles. The number of halogens is 6. The minimum atomic E-state index is -4.15. The smallest absolute Gasteiger partial charge is 0.330 e. The summed E-state index contributed by atoms with van der Waals surface area (Å²) in [7, 11) is 1.61. The van der Waals surface area contributed by atoms with Gasteiger partial charge in [-0.1, -0.05) is 35.3 Å². The van der Waals surface area contributed by atoms with Crippen LogP contribution >= 0.6 is 23.2 Å². The first-order valence-electron chi connectivity index (χ1n) is 6.11. The van der Waals surface area contributed by atoms with Gasteiger partial charge in [-0.25, -0.2) is 8.78 Å². The van der Waals surface area contributed by atoms with Crippen molar-refractivity contribution in [2.24, 2.45) is 0 Å². The van der Waals surface area contributed by atoms with Crippen LogP contribution in [0.4, 0.5) is 17.6 Å². The van der Waals surface area contributed by atoms with Crippen molar-refractivity contribution in [2.45, 2.75) is 24.8 Å². The molecule has 0 aromatic heterocycles. The molecule has 120 valence electrons. The molecular formula is C13H15Cl2F4NO. The molecule has 0 spiro atoms. The van der Waals surface area contributed by atoms with E-state index in [1.165, 1.54) is 0 Å². The van der Waals surface area contributed by atoms with Gasteiger partial charge in [-0.05, 0) is 25.1 Å². The van der Waals surface area contributed by atoms with E-state index in [1.54, 1.807) is 25.2 Å². The highest BCUT2D eigenvalue weighted by Gasteiger charge is 2.41. The Morgan fingerprint density at radius 1 is 1.29 bits per heavy atom. The van der Waals surface area contributed by atoms with Gasteiger partial charge >= 0.3 is 12.3 Å². The standard InChI is InChI=1S/C13H15Cl2F4NO/c1-20-9(6-21-7-13(18,19)12(16)17)5-8-3-2-4-10(14)11(8)15/h2-4,9,12,20H,5-7H2,1H3. The SMILES string of the molecule is CNC(COCC(F)(F)C(F)F)Cc1cccc(Cl)c1Cl. The molecule has 1 aromatic carbocycles. The maximum Gasteiger partial charge on any atom is 0.330 e. The van der Waals surface area contributed by atoms with Gasteiger partial charge in [-0.2, -0.15) is 8.78 Å². The number of nitrogens with one attached hydrogen (secondary N) is 1. The number of likely N-dealkylation sites (N-methyl/N-ethyl adjacent to an activating group) is 1. The Labute approximate surface area is 130 Å². The van der Waals surface area contributed by atoms with Crippen LogP contribution in [0.3, 0.4) is 0 Å². The fourth-order valence-electron chi connectivity index (χ4n) is 1.62. The molecule has 0 fully saturated rings. The lowest BCUT2D eigenvalue weighted by Crippen LogP contribution is -2.37. The van der Waals surface area contributed by atoms with Gasteiger partial charge in [0.05, 0.1) is 16.7 Å². The molecule has 0 aliphatic rings. The molecule has 1 rings (SSSR count). The normalized spacial score (nSPS) is 13.7. The Morgan fingerprint density at radius 3 is 2.52 bits per heavy atom. The highest BCUT2D eigenvalue weighted by molar-refractivity contribution is 6.42. The van der Waals surface area contributed by atoms with E-state index in [1.807, 2.05) is 0 Å². The van der Waals surface area contributed by atoms with Crippen LogP contribution in [0.1, 0.15) is 5.56 Å². The van der Waals surface area contributed by atoms with E-state index in [2.05, 4.69) is 10.1 Å². The Hall–Kier alpha value is -0.560. The second-order valence-electron chi connectivity index (χ2n) is 4.48. The zero-order valence-electron chi connectivity index (χ0n) is 11.2. The molecule has 0 aliphatic heterocycles. The summed E-state index contributed by atoms with van der Waals surface area (Å²) >= 11 is 11.9. The third-order valence-electron chi connectivity index (χ3n) is 2.84. The quantitative estimate of drug-likeness (QED) is 0.716. The molecule has 0 amide bonds. The number of rotatable bonds is 8. The van der Waals surface area contributed by atoms with Gasteiger partial charge in [-0.15, -0.1) is 0 Å². The maximum absolute atomic E-state index is 12.7. The first-order chi connectivity index (χ1) is 9.77. The van der Waals surface area contributed by atoms with Crippen LogP contribution in [0.15, 0.2) is 18.2 Å². The van der Waals surface area contributed by atoms with Crippen molar-refractivity contribution >= 4 is 23.2 Å². The average Bonchev–Trinajstić information content (AvgIpc) is 2.42. The van der Waals surface area contributed by atoms with Gasteiger partial charge in [-0.3, -0.25) is 0 Å². The van der Waals surface area contributed by atoms with E-state index in [9.17, 15) is 17.6 Å².